The van der Waals surface area contributed by atoms with Crippen LogP contribution in [-0.4, -0.2) is 18.3 Å². The highest BCUT2D eigenvalue weighted by Gasteiger charge is 2.39. The van der Waals surface area contributed by atoms with Gasteiger partial charge in [-0.05, 0) is 37.2 Å². The van der Waals surface area contributed by atoms with Gasteiger partial charge in [-0.2, -0.15) is 0 Å². The number of halogens is 1. The van der Waals surface area contributed by atoms with Crippen molar-refractivity contribution in [2.45, 2.75) is 51.9 Å². The predicted octanol–water partition coefficient (Wildman–Crippen LogP) is 5.37. The molecule has 1 aromatic carbocycles. The van der Waals surface area contributed by atoms with E-state index in [9.17, 15) is 0 Å². The average molecular weight is 323 g/mol. The third kappa shape index (κ3) is 3.44. The van der Waals surface area contributed by atoms with Gasteiger partial charge in [0.2, 0.25) is 0 Å². The van der Waals surface area contributed by atoms with E-state index in [4.69, 9.17) is 16.0 Å². The highest BCUT2D eigenvalue weighted by atomic mass is 35.5. The normalized spacial score (nSPS) is 14.4. The minimum Gasteiger partial charge on any atom is -0.407 e. The maximum Gasteiger partial charge on any atom is 0.193 e. The van der Waals surface area contributed by atoms with Crippen LogP contribution in [0.15, 0.2) is 24.3 Å². The molecule has 5 heteroatoms. The van der Waals surface area contributed by atoms with Crippen molar-refractivity contribution in [3.63, 3.8) is 0 Å². The molecule has 0 aliphatic rings. The largest absolute Gasteiger partial charge is 0.407 e. The van der Waals surface area contributed by atoms with Gasteiger partial charge >= 0.3 is 0 Å². The van der Waals surface area contributed by atoms with Crippen LogP contribution in [0.3, 0.4) is 0 Å². The maximum absolute atomic E-state index is 6.35. The van der Waals surface area contributed by atoms with Crippen molar-refractivity contribution in [3.8, 4) is 0 Å². The van der Waals surface area contributed by atoms with E-state index in [2.05, 4.69) is 43.8 Å². The maximum atomic E-state index is 6.35. The molecule has 114 valence electrons. The first kappa shape index (κ1) is 16.4. The highest BCUT2D eigenvalue weighted by Crippen LogP contribution is 2.39. The topological polar surface area (TPSA) is 35.0 Å². The summed E-state index contributed by atoms with van der Waals surface area (Å²) < 4.78 is 6.35. The Kier molecular flexibility index (Phi) is 4.43. The minimum absolute atomic E-state index is 0.155. The molecule has 2 aromatic rings. The molecule has 1 atom stereocenters. The predicted molar refractivity (Wildman–Crippen MR) is 91.2 cm³/mol. The standard InChI is InChI=1S/C16H23ClN2OSi/c1-11(20-21(5,6)16(2,3)4)15-18-13-10-8-7-9-12(13)14(17)19-15/h7-11H,1-6H3/t11-/m0/s1. The summed E-state index contributed by atoms with van der Waals surface area (Å²) in [6, 6.07) is 7.77. The lowest BCUT2D eigenvalue weighted by Crippen LogP contribution is -2.41. The lowest BCUT2D eigenvalue weighted by molar-refractivity contribution is 0.194. The molecule has 0 saturated heterocycles. The van der Waals surface area contributed by atoms with Gasteiger partial charge in [0.1, 0.15) is 11.3 Å². The van der Waals surface area contributed by atoms with Crippen LogP contribution in [0.1, 0.15) is 39.6 Å². The van der Waals surface area contributed by atoms with E-state index >= 15 is 0 Å². The van der Waals surface area contributed by atoms with Crippen LogP contribution >= 0.6 is 11.6 Å². The number of hydrogen-bond acceptors (Lipinski definition) is 3. The van der Waals surface area contributed by atoms with E-state index in [-0.39, 0.29) is 11.1 Å². The molecule has 3 nitrogen and oxygen atoms in total. The van der Waals surface area contributed by atoms with Crippen molar-refractivity contribution >= 4 is 30.8 Å². The zero-order valence-corrected chi connectivity index (χ0v) is 15.3. The second-order valence-electron chi connectivity index (χ2n) is 6.91. The summed E-state index contributed by atoms with van der Waals surface area (Å²) in [5, 5.41) is 1.52. The molecule has 0 amide bonds. The third-order valence-corrected chi connectivity index (χ3v) is 9.06. The molecular weight excluding hydrogens is 300 g/mol. The lowest BCUT2D eigenvalue weighted by Gasteiger charge is -2.38. The first-order valence-electron chi connectivity index (χ1n) is 7.22. The Morgan fingerprint density at radius 2 is 1.76 bits per heavy atom. The fraction of sp³-hybridized carbons (Fsp3) is 0.500. The molecule has 0 bridgehead atoms. The Morgan fingerprint density at radius 3 is 2.38 bits per heavy atom. The highest BCUT2D eigenvalue weighted by molar-refractivity contribution is 6.74. The first-order chi connectivity index (χ1) is 9.62. The molecule has 0 radical (unpaired) electrons. The van der Waals surface area contributed by atoms with Crippen LogP contribution in [0.2, 0.25) is 23.3 Å². The van der Waals surface area contributed by atoms with E-state index in [0.29, 0.717) is 11.0 Å². The second-order valence-corrected chi connectivity index (χ2v) is 12.0. The van der Waals surface area contributed by atoms with Gasteiger partial charge in [-0.15, -0.1) is 0 Å². The van der Waals surface area contributed by atoms with E-state index in [1.54, 1.807) is 0 Å². The average Bonchev–Trinajstić information content (AvgIpc) is 2.36. The Labute approximate surface area is 132 Å². The zero-order valence-electron chi connectivity index (χ0n) is 13.6. The lowest BCUT2D eigenvalue weighted by atomic mass is 10.2. The fourth-order valence-electron chi connectivity index (χ4n) is 1.91. The van der Waals surface area contributed by atoms with E-state index in [0.717, 1.165) is 10.9 Å². The molecule has 21 heavy (non-hydrogen) atoms. The van der Waals surface area contributed by atoms with Crippen molar-refractivity contribution in [2.24, 2.45) is 0 Å². The van der Waals surface area contributed by atoms with Gasteiger partial charge in [0, 0.05) is 5.39 Å². The number of benzene rings is 1. The van der Waals surface area contributed by atoms with Crippen LogP contribution in [0, 0.1) is 0 Å². The van der Waals surface area contributed by atoms with Crippen LogP contribution in [-0.2, 0) is 4.43 Å². The first-order valence-corrected chi connectivity index (χ1v) is 10.5. The zero-order chi connectivity index (χ0) is 15.8. The number of aromatic nitrogens is 2. The Morgan fingerprint density at radius 1 is 1.14 bits per heavy atom. The Bertz CT molecular complexity index is 652. The summed E-state index contributed by atoms with van der Waals surface area (Å²) in [5.41, 5.74) is 0.859. The smallest absolute Gasteiger partial charge is 0.193 e. The molecule has 0 unspecified atom stereocenters. The monoisotopic (exact) mass is 322 g/mol. The van der Waals surface area contributed by atoms with Gasteiger partial charge in [-0.25, -0.2) is 9.97 Å². The third-order valence-electron chi connectivity index (χ3n) is 4.22. The van der Waals surface area contributed by atoms with E-state index in [1.807, 2.05) is 31.2 Å². The Balaban J connectivity index is 2.34. The molecule has 0 saturated carbocycles. The van der Waals surface area contributed by atoms with E-state index < -0.39 is 8.32 Å². The molecule has 0 N–H and O–H groups in total. The van der Waals surface area contributed by atoms with E-state index in [1.165, 1.54) is 0 Å². The number of rotatable bonds is 3. The molecule has 0 fully saturated rings. The molecule has 1 heterocycles. The molecule has 0 aliphatic carbocycles. The summed E-state index contributed by atoms with van der Waals surface area (Å²) in [4.78, 5) is 9.02. The van der Waals surface area contributed by atoms with Gasteiger partial charge in [0.25, 0.3) is 0 Å². The molecular formula is C16H23ClN2OSi. The van der Waals surface area contributed by atoms with Gasteiger partial charge in [-0.3, -0.25) is 0 Å². The van der Waals surface area contributed by atoms with Crippen LogP contribution < -0.4 is 0 Å². The number of para-hydroxylation sites is 1. The number of fused-ring (bicyclic) bond motifs is 1. The summed E-state index contributed by atoms with van der Waals surface area (Å²) in [5.74, 6) is 0.656. The quantitative estimate of drug-likeness (QED) is 0.563. The van der Waals surface area contributed by atoms with Crippen LogP contribution in [0.4, 0.5) is 0 Å². The van der Waals surface area contributed by atoms with Gasteiger partial charge in [0.05, 0.1) is 5.52 Å². The summed E-state index contributed by atoms with van der Waals surface area (Å²) in [6.45, 7) is 13.1. The molecule has 2 rings (SSSR count). The fourth-order valence-corrected chi connectivity index (χ4v) is 3.50. The van der Waals surface area contributed by atoms with Gasteiger partial charge in [-0.1, -0.05) is 44.5 Å². The Hall–Kier alpha value is -0.973. The van der Waals surface area contributed by atoms with Crippen molar-refractivity contribution in [1.29, 1.82) is 0 Å². The summed E-state index contributed by atoms with van der Waals surface area (Å²) in [7, 11) is -1.86. The summed E-state index contributed by atoms with van der Waals surface area (Å²) >= 11 is 6.27. The molecule has 0 spiro atoms. The van der Waals surface area contributed by atoms with Crippen molar-refractivity contribution in [1.82, 2.24) is 9.97 Å². The summed E-state index contributed by atoms with van der Waals surface area (Å²) in [6.07, 6.45) is -0.159. The second kappa shape index (κ2) is 5.67. The van der Waals surface area contributed by atoms with Gasteiger partial charge < -0.3 is 4.43 Å². The van der Waals surface area contributed by atoms with Crippen molar-refractivity contribution in [2.75, 3.05) is 0 Å². The number of nitrogens with zero attached hydrogens (tertiary/aromatic N) is 2. The molecule has 1 aromatic heterocycles. The van der Waals surface area contributed by atoms with Gasteiger partial charge in [0.15, 0.2) is 14.1 Å². The van der Waals surface area contributed by atoms with Crippen molar-refractivity contribution < 1.29 is 4.43 Å². The van der Waals surface area contributed by atoms with Crippen LogP contribution in [0.25, 0.3) is 10.9 Å². The molecule has 0 aliphatic heterocycles. The minimum atomic E-state index is -1.86. The van der Waals surface area contributed by atoms with Crippen LogP contribution in [0.5, 0.6) is 0 Å². The SMILES string of the molecule is C[C@H](O[Si](C)(C)C(C)(C)C)c1nc(Cl)c2ccccc2n1. The number of hydrogen-bond donors (Lipinski definition) is 0. The van der Waals surface area contributed by atoms with Crippen molar-refractivity contribution in [3.05, 3.63) is 35.2 Å².